The first-order chi connectivity index (χ1) is 10.4. The highest BCUT2D eigenvalue weighted by molar-refractivity contribution is 5.90. The number of hydrogen-bond acceptors (Lipinski definition) is 3. The minimum absolute atomic E-state index is 0.0380. The van der Waals surface area contributed by atoms with Gasteiger partial charge in [-0.3, -0.25) is 0 Å². The summed E-state index contributed by atoms with van der Waals surface area (Å²) in [6.45, 7) is 1.86. The predicted molar refractivity (Wildman–Crippen MR) is 80.9 cm³/mol. The van der Waals surface area contributed by atoms with Crippen LogP contribution >= 0.6 is 0 Å². The first-order valence-electron chi connectivity index (χ1n) is 6.73. The van der Waals surface area contributed by atoms with Gasteiger partial charge in [-0.1, -0.05) is 30.3 Å². The maximum absolute atomic E-state index is 11.1. The number of hydrogen-bond donors (Lipinski definition) is 3. The van der Waals surface area contributed by atoms with Gasteiger partial charge in [-0.25, -0.2) is 9.59 Å². The Labute approximate surface area is 127 Å². The molecule has 1 unspecified atom stereocenters. The van der Waals surface area contributed by atoms with Crippen LogP contribution < -0.4 is 0 Å². The SMILES string of the molecule is Cc1cccc(CC(O)C(=O)O)c1-c1cccc(C(=O)O)c1. The van der Waals surface area contributed by atoms with Crippen LogP contribution in [0.5, 0.6) is 0 Å². The average Bonchev–Trinajstić information content (AvgIpc) is 2.47. The fourth-order valence-electron chi connectivity index (χ4n) is 2.42. The van der Waals surface area contributed by atoms with Crippen molar-refractivity contribution in [3.8, 4) is 11.1 Å². The van der Waals surface area contributed by atoms with Gasteiger partial charge in [0.2, 0.25) is 0 Å². The zero-order valence-corrected chi connectivity index (χ0v) is 12.0. The van der Waals surface area contributed by atoms with Gasteiger partial charge in [0.1, 0.15) is 0 Å². The molecule has 114 valence electrons. The summed E-state index contributed by atoms with van der Waals surface area (Å²) >= 11 is 0. The molecular formula is C17H16O5. The number of carbonyl (C=O) groups is 2. The van der Waals surface area contributed by atoms with Crippen LogP contribution in [-0.2, 0) is 11.2 Å². The lowest BCUT2D eigenvalue weighted by molar-refractivity contribution is -0.146. The molecule has 22 heavy (non-hydrogen) atoms. The molecule has 1 atom stereocenters. The molecule has 2 aromatic rings. The molecule has 2 aromatic carbocycles. The fourth-order valence-corrected chi connectivity index (χ4v) is 2.42. The van der Waals surface area contributed by atoms with Crippen molar-refractivity contribution in [2.45, 2.75) is 19.4 Å². The largest absolute Gasteiger partial charge is 0.479 e. The number of aliphatic hydroxyl groups excluding tert-OH is 1. The van der Waals surface area contributed by atoms with Gasteiger partial charge < -0.3 is 15.3 Å². The van der Waals surface area contributed by atoms with Gasteiger partial charge in [0.05, 0.1) is 5.56 Å². The van der Waals surface area contributed by atoms with E-state index in [-0.39, 0.29) is 12.0 Å². The highest BCUT2D eigenvalue weighted by Gasteiger charge is 2.18. The summed E-state index contributed by atoms with van der Waals surface area (Å²) in [5, 5.41) is 27.5. The number of carboxylic acids is 2. The van der Waals surface area contributed by atoms with Crippen LogP contribution in [0.25, 0.3) is 11.1 Å². The molecule has 0 radical (unpaired) electrons. The Hall–Kier alpha value is -2.66. The first-order valence-corrected chi connectivity index (χ1v) is 6.73. The van der Waals surface area contributed by atoms with Crippen molar-refractivity contribution in [3.05, 3.63) is 59.2 Å². The van der Waals surface area contributed by atoms with Crippen molar-refractivity contribution in [2.75, 3.05) is 0 Å². The lowest BCUT2D eigenvalue weighted by Crippen LogP contribution is -2.22. The Balaban J connectivity index is 2.52. The highest BCUT2D eigenvalue weighted by Crippen LogP contribution is 2.29. The Morgan fingerprint density at radius 2 is 1.77 bits per heavy atom. The third-order valence-electron chi connectivity index (χ3n) is 3.46. The molecule has 0 aliphatic carbocycles. The number of carboxylic acid groups (broad SMARTS) is 2. The van der Waals surface area contributed by atoms with E-state index in [1.807, 2.05) is 13.0 Å². The summed E-state index contributed by atoms with van der Waals surface area (Å²) in [5.41, 5.74) is 3.15. The van der Waals surface area contributed by atoms with Crippen molar-refractivity contribution < 1.29 is 24.9 Å². The minimum atomic E-state index is -1.50. The van der Waals surface area contributed by atoms with Crippen molar-refractivity contribution in [1.29, 1.82) is 0 Å². The van der Waals surface area contributed by atoms with Crippen LogP contribution in [0.1, 0.15) is 21.5 Å². The number of benzene rings is 2. The summed E-state index contributed by atoms with van der Waals surface area (Å²) in [7, 11) is 0. The number of aryl methyl sites for hydroxylation is 1. The normalized spacial score (nSPS) is 11.9. The fraction of sp³-hybridized carbons (Fsp3) is 0.176. The Morgan fingerprint density at radius 1 is 1.09 bits per heavy atom. The zero-order valence-electron chi connectivity index (χ0n) is 12.0. The van der Waals surface area contributed by atoms with Crippen molar-refractivity contribution in [3.63, 3.8) is 0 Å². The molecular weight excluding hydrogens is 284 g/mol. The maximum atomic E-state index is 11.1. The molecule has 2 rings (SSSR count). The maximum Gasteiger partial charge on any atom is 0.335 e. The van der Waals surface area contributed by atoms with E-state index in [1.54, 1.807) is 30.3 Å². The number of aliphatic hydroxyl groups is 1. The quantitative estimate of drug-likeness (QED) is 0.788. The molecule has 5 nitrogen and oxygen atoms in total. The second-order valence-electron chi connectivity index (χ2n) is 5.05. The third-order valence-corrected chi connectivity index (χ3v) is 3.46. The Kier molecular flexibility index (Phi) is 4.58. The van der Waals surface area contributed by atoms with Crippen molar-refractivity contribution in [1.82, 2.24) is 0 Å². The molecule has 0 heterocycles. The Morgan fingerprint density at radius 3 is 2.41 bits per heavy atom. The van der Waals surface area contributed by atoms with Gasteiger partial charge in [-0.15, -0.1) is 0 Å². The van der Waals surface area contributed by atoms with Crippen molar-refractivity contribution >= 4 is 11.9 Å². The van der Waals surface area contributed by atoms with E-state index in [2.05, 4.69) is 0 Å². The van der Waals surface area contributed by atoms with Gasteiger partial charge in [0.15, 0.2) is 6.10 Å². The van der Waals surface area contributed by atoms with E-state index >= 15 is 0 Å². The average molecular weight is 300 g/mol. The molecule has 0 bridgehead atoms. The molecule has 0 aliphatic heterocycles. The van der Waals surface area contributed by atoms with E-state index in [1.165, 1.54) is 6.07 Å². The second-order valence-corrected chi connectivity index (χ2v) is 5.05. The summed E-state index contributed by atoms with van der Waals surface area (Å²) in [6.07, 6.45) is -1.54. The van der Waals surface area contributed by atoms with Crippen LogP contribution in [0.3, 0.4) is 0 Å². The van der Waals surface area contributed by atoms with Crippen LogP contribution in [0.4, 0.5) is 0 Å². The van der Waals surface area contributed by atoms with Gasteiger partial charge >= 0.3 is 11.9 Å². The number of aliphatic carboxylic acids is 1. The van der Waals surface area contributed by atoms with Gasteiger partial charge in [-0.05, 0) is 41.3 Å². The van der Waals surface area contributed by atoms with Crippen LogP contribution in [0.2, 0.25) is 0 Å². The van der Waals surface area contributed by atoms with E-state index in [0.29, 0.717) is 11.1 Å². The molecule has 0 spiro atoms. The number of rotatable bonds is 5. The lowest BCUT2D eigenvalue weighted by Gasteiger charge is -2.15. The van der Waals surface area contributed by atoms with E-state index in [4.69, 9.17) is 10.2 Å². The van der Waals surface area contributed by atoms with E-state index in [0.717, 1.165) is 11.1 Å². The minimum Gasteiger partial charge on any atom is -0.479 e. The molecule has 0 fully saturated rings. The van der Waals surface area contributed by atoms with Crippen molar-refractivity contribution in [2.24, 2.45) is 0 Å². The zero-order chi connectivity index (χ0) is 16.3. The molecule has 0 amide bonds. The van der Waals surface area contributed by atoms with E-state index < -0.39 is 18.0 Å². The van der Waals surface area contributed by atoms with Gasteiger partial charge in [-0.2, -0.15) is 0 Å². The van der Waals surface area contributed by atoms with Crippen LogP contribution in [0.15, 0.2) is 42.5 Å². The third kappa shape index (κ3) is 3.32. The first kappa shape index (κ1) is 15.7. The summed E-state index contributed by atoms with van der Waals surface area (Å²) in [6, 6.07) is 11.8. The Bertz CT molecular complexity index is 721. The highest BCUT2D eigenvalue weighted by atomic mass is 16.4. The molecule has 0 aliphatic rings. The monoisotopic (exact) mass is 300 g/mol. The summed E-state index contributed by atoms with van der Waals surface area (Å²) in [4.78, 5) is 22.0. The molecule has 0 saturated carbocycles. The van der Waals surface area contributed by atoms with E-state index in [9.17, 15) is 14.7 Å². The van der Waals surface area contributed by atoms with Gasteiger partial charge in [0.25, 0.3) is 0 Å². The topological polar surface area (TPSA) is 94.8 Å². The standard InChI is InChI=1S/C17H16O5/c1-10-4-2-5-12(9-14(18)17(21)22)15(10)11-6-3-7-13(8-11)16(19)20/h2-8,14,18H,9H2,1H3,(H,19,20)(H,21,22). The predicted octanol–water partition coefficient (Wildman–Crippen LogP) is 2.35. The van der Waals surface area contributed by atoms with Crippen LogP contribution in [-0.4, -0.2) is 33.4 Å². The molecule has 0 saturated heterocycles. The smallest absolute Gasteiger partial charge is 0.335 e. The summed E-state index contributed by atoms with van der Waals surface area (Å²) in [5.74, 6) is -2.31. The second kappa shape index (κ2) is 6.41. The summed E-state index contributed by atoms with van der Waals surface area (Å²) < 4.78 is 0. The van der Waals surface area contributed by atoms with Gasteiger partial charge in [0, 0.05) is 6.42 Å². The molecule has 0 aromatic heterocycles. The number of aromatic carboxylic acids is 1. The molecule has 3 N–H and O–H groups in total. The van der Waals surface area contributed by atoms with Crippen LogP contribution in [0, 0.1) is 6.92 Å². The molecule has 5 heteroatoms. The lowest BCUT2D eigenvalue weighted by atomic mass is 9.91.